The molecule has 0 radical (unpaired) electrons. The van der Waals surface area contributed by atoms with Gasteiger partial charge >= 0.3 is 0 Å². The number of aryl methyl sites for hydroxylation is 1. The molecule has 1 aromatic heterocycles. The maximum Gasteiger partial charge on any atom is 0.227 e. The van der Waals surface area contributed by atoms with Crippen molar-refractivity contribution in [1.29, 1.82) is 0 Å². The molecule has 108 valence electrons. The minimum absolute atomic E-state index is 0.359. The molecule has 0 aliphatic carbocycles. The van der Waals surface area contributed by atoms with Gasteiger partial charge in [0.2, 0.25) is 5.89 Å². The average molecular weight is 356 g/mol. The number of nitrogens with one attached hydrogen (secondary N) is 1. The molecule has 0 fully saturated rings. The van der Waals surface area contributed by atoms with Crippen LogP contribution in [-0.4, -0.2) is 29.0 Å². The van der Waals surface area contributed by atoms with Gasteiger partial charge in [0.05, 0.1) is 0 Å². The zero-order valence-corrected chi connectivity index (χ0v) is 14.0. The molecule has 0 saturated heterocycles. The van der Waals surface area contributed by atoms with E-state index in [0.29, 0.717) is 11.9 Å². The van der Waals surface area contributed by atoms with Crippen LogP contribution in [0.15, 0.2) is 38.2 Å². The summed E-state index contributed by atoms with van der Waals surface area (Å²) in [4.78, 5) is 5.65. The Morgan fingerprint density at radius 3 is 2.80 bits per heavy atom. The van der Waals surface area contributed by atoms with Crippen molar-refractivity contribution in [3.8, 4) is 0 Å². The van der Waals surface area contributed by atoms with Gasteiger partial charge in [0.15, 0.2) is 5.82 Å². The van der Waals surface area contributed by atoms with Crippen LogP contribution >= 0.6 is 27.7 Å². The van der Waals surface area contributed by atoms with Gasteiger partial charge in [0, 0.05) is 34.0 Å². The smallest absolute Gasteiger partial charge is 0.227 e. The molecule has 1 unspecified atom stereocenters. The summed E-state index contributed by atoms with van der Waals surface area (Å²) in [5.41, 5.74) is 0. The van der Waals surface area contributed by atoms with E-state index in [1.54, 1.807) is 11.8 Å². The van der Waals surface area contributed by atoms with Crippen LogP contribution in [0.5, 0.6) is 0 Å². The van der Waals surface area contributed by atoms with Crippen LogP contribution in [0, 0.1) is 0 Å². The molecule has 0 amide bonds. The fourth-order valence-corrected chi connectivity index (χ4v) is 2.74. The lowest BCUT2D eigenvalue weighted by Crippen LogP contribution is -2.24. The Morgan fingerprint density at radius 2 is 2.10 bits per heavy atom. The molecule has 4 nitrogen and oxygen atoms in total. The monoisotopic (exact) mass is 355 g/mol. The molecule has 2 rings (SSSR count). The van der Waals surface area contributed by atoms with E-state index in [9.17, 15) is 0 Å². The minimum Gasteiger partial charge on any atom is -0.339 e. The summed E-state index contributed by atoms with van der Waals surface area (Å²) in [5, 5.41) is 7.16. The lowest BCUT2D eigenvalue weighted by molar-refractivity contribution is 0.375. The van der Waals surface area contributed by atoms with Crippen molar-refractivity contribution in [3.05, 3.63) is 40.5 Å². The zero-order chi connectivity index (χ0) is 14.4. The molecule has 0 aliphatic heterocycles. The summed E-state index contributed by atoms with van der Waals surface area (Å²) in [6.45, 7) is 2.10. The molecule has 0 spiro atoms. The third kappa shape index (κ3) is 4.92. The second kappa shape index (κ2) is 7.81. The van der Waals surface area contributed by atoms with Gasteiger partial charge in [-0.1, -0.05) is 21.1 Å². The summed E-state index contributed by atoms with van der Waals surface area (Å²) >= 11 is 5.22. The van der Waals surface area contributed by atoms with Crippen LogP contribution in [-0.2, 0) is 12.8 Å². The number of hydrogen-bond donors (Lipinski definition) is 1. The highest BCUT2D eigenvalue weighted by molar-refractivity contribution is 9.10. The molecule has 20 heavy (non-hydrogen) atoms. The summed E-state index contributed by atoms with van der Waals surface area (Å²) in [6.07, 6.45) is 1.58. The molecular weight excluding hydrogens is 338 g/mol. The van der Waals surface area contributed by atoms with Gasteiger partial charge in [-0.25, -0.2) is 0 Å². The second-order valence-electron chi connectivity index (χ2n) is 4.55. The molecule has 0 aliphatic rings. The number of thioether (sulfide) groups is 1. The van der Waals surface area contributed by atoms with Crippen LogP contribution in [0.25, 0.3) is 0 Å². The van der Waals surface area contributed by atoms with E-state index in [1.165, 1.54) is 4.90 Å². The Morgan fingerprint density at radius 1 is 1.35 bits per heavy atom. The van der Waals surface area contributed by atoms with E-state index in [1.807, 2.05) is 19.2 Å². The Balaban J connectivity index is 1.78. The Kier molecular flexibility index (Phi) is 6.06. The standard InChI is InChI=1S/C14H18BrN3OS/c1-10(16-2)9-13-17-14(19-18-13)7-8-20-12-5-3-11(15)4-6-12/h3-6,10,16H,7-9H2,1-2H3. The fourth-order valence-electron chi connectivity index (χ4n) is 1.64. The van der Waals surface area contributed by atoms with Crippen molar-refractivity contribution in [2.45, 2.75) is 30.7 Å². The first-order chi connectivity index (χ1) is 9.67. The summed E-state index contributed by atoms with van der Waals surface area (Å²) < 4.78 is 6.36. The molecular formula is C14H18BrN3OS. The highest BCUT2D eigenvalue weighted by atomic mass is 79.9. The average Bonchev–Trinajstić information content (AvgIpc) is 2.88. The van der Waals surface area contributed by atoms with E-state index in [-0.39, 0.29) is 0 Å². The number of hydrogen-bond acceptors (Lipinski definition) is 5. The predicted octanol–water partition coefficient (Wildman–Crippen LogP) is 3.32. The lowest BCUT2D eigenvalue weighted by atomic mass is 10.2. The van der Waals surface area contributed by atoms with Crippen molar-refractivity contribution in [1.82, 2.24) is 15.5 Å². The second-order valence-corrected chi connectivity index (χ2v) is 6.63. The number of likely N-dealkylation sites (N-methyl/N-ethyl adjacent to an activating group) is 1. The predicted molar refractivity (Wildman–Crippen MR) is 85.1 cm³/mol. The molecule has 1 N–H and O–H groups in total. The SMILES string of the molecule is CNC(C)Cc1noc(CCSc2ccc(Br)cc2)n1. The lowest BCUT2D eigenvalue weighted by Gasteiger charge is -2.04. The largest absolute Gasteiger partial charge is 0.339 e. The third-order valence-corrected chi connectivity index (χ3v) is 4.43. The van der Waals surface area contributed by atoms with Gasteiger partial charge in [-0.2, -0.15) is 4.98 Å². The van der Waals surface area contributed by atoms with Crippen LogP contribution in [0.4, 0.5) is 0 Å². The van der Waals surface area contributed by atoms with Crippen molar-refractivity contribution in [2.24, 2.45) is 0 Å². The van der Waals surface area contributed by atoms with Gasteiger partial charge in [-0.15, -0.1) is 11.8 Å². The summed E-state index contributed by atoms with van der Waals surface area (Å²) in [7, 11) is 1.93. The quantitative estimate of drug-likeness (QED) is 0.772. The topological polar surface area (TPSA) is 51.0 Å². The van der Waals surface area contributed by atoms with Gasteiger partial charge in [-0.05, 0) is 38.2 Å². The van der Waals surface area contributed by atoms with E-state index >= 15 is 0 Å². The third-order valence-electron chi connectivity index (χ3n) is 2.89. The van der Waals surface area contributed by atoms with Crippen LogP contribution in [0.1, 0.15) is 18.6 Å². The maximum atomic E-state index is 5.26. The van der Waals surface area contributed by atoms with Gasteiger partial charge in [0.25, 0.3) is 0 Å². The van der Waals surface area contributed by atoms with Crippen molar-refractivity contribution in [3.63, 3.8) is 0 Å². The van der Waals surface area contributed by atoms with Crippen molar-refractivity contribution < 1.29 is 4.52 Å². The first-order valence-corrected chi connectivity index (χ1v) is 8.32. The molecule has 0 saturated carbocycles. The highest BCUT2D eigenvalue weighted by Crippen LogP contribution is 2.21. The normalized spacial score (nSPS) is 12.6. The van der Waals surface area contributed by atoms with Crippen LogP contribution in [0.2, 0.25) is 0 Å². The summed E-state index contributed by atoms with van der Waals surface area (Å²) in [5.74, 6) is 2.42. The van der Waals surface area contributed by atoms with Crippen molar-refractivity contribution in [2.75, 3.05) is 12.8 Å². The van der Waals surface area contributed by atoms with E-state index in [2.05, 4.69) is 50.4 Å². The Hall–Kier alpha value is -0.850. The number of halogens is 1. The van der Waals surface area contributed by atoms with Crippen molar-refractivity contribution >= 4 is 27.7 Å². The van der Waals surface area contributed by atoms with E-state index in [4.69, 9.17) is 4.52 Å². The zero-order valence-electron chi connectivity index (χ0n) is 11.6. The molecule has 1 aromatic carbocycles. The van der Waals surface area contributed by atoms with Gasteiger partial charge in [0.1, 0.15) is 0 Å². The number of nitrogens with zero attached hydrogens (tertiary/aromatic N) is 2. The first kappa shape index (κ1) is 15.5. The minimum atomic E-state index is 0.359. The summed E-state index contributed by atoms with van der Waals surface area (Å²) in [6, 6.07) is 8.65. The molecule has 2 aromatic rings. The highest BCUT2D eigenvalue weighted by Gasteiger charge is 2.09. The Bertz CT molecular complexity index is 529. The molecule has 6 heteroatoms. The number of rotatable bonds is 7. The van der Waals surface area contributed by atoms with Gasteiger partial charge < -0.3 is 9.84 Å². The van der Waals surface area contributed by atoms with Crippen LogP contribution < -0.4 is 5.32 Å². The fraction of sp³-hybridized carbons (Fsp3) is 0.429. The maximum absolute atomic E-state index is 5.26. The molecule has 0 bridgehead atoms. The van der Waals surface area contributed by atoms with E-state index in [0.717, 1.165) is 28.9 Å². The number of benzene rings is 1. The Labute approximate surface area is 131 Å². The molecule has 1 heterocycles. The van der Waals surface area contributed by atoms with Crippen LogP contribution in [0.3, 0.4) is 0 Å². The molecule has 1 atom stereocenters. The van der Waals surface area contributed by atoms with E-state index < -0.39 is 0 Å². The number of aromatic nitrogens is 2. The first-order valence-electron chi connectivity index (χ1n) is 6.54. The van der Waals surface area contributed by atoms with Gasteiger partial charge in [-0.3, -0.25) is 0 Å².